The van der Waals surface area contributed by atoms with Crippen molar-refractivity contribution in [1.29, 1.82) is 0 Å². The van der Waals surface area contributed by atoms with Crippen molar-refractivity contribution in [3.8, 4) is 0 Å². The monoisotopic (exact) mass is 348 g/mol. The third-order valence-electron chi connectivity index (χ3n) is 3.07. The lowest BCUT2D eigenvalue weighted by Crippen LogP contribution is -2.23. The van der Waals surface area contributed by atoms with E-state index in [4.69, 9.17) is 11.6 Å². The van der Waals surface area contributed by atoms with Crippen LogP contribution >= 0.6 is 27.5 Å². The predicted octanol–water partition coefficient (Wildman–Crippen LogP) is 3.86. The quantitative estimate of drug-likeness (QED) is 0.704. The summed E-state index contributed by atoms with van der Waals surface area (Å²) in [5, 5.41) is 6.46. The van der Waals surface area contributed by atoms with Gasteiger partial charge in [0.15, 0.2) is 0 Å². The predicted molar refractivity (Wildman–Crippen MR) is 84.3 cm³/mol. The molecule has 0 radical (unpaired) electrons. The van der Waals surface area contributed by atoms with E-state index in [-0.39, 0.29) is 5.56 Å². The molecule has 1 heterocycles. The van der Waals surface area contributed by atoms with E-state index >= 15 is 0 Å². The van der Waals surface area contributed by atoms with E-state index in [0.717, 1.165) is 10.9 Å². The van der Waals surface area contributed by atoms with Gasteiger partial charge in [-0.1, -0.05) is 41.9 Å². The number of halogens is 2. The van der Waals surface area contributed by atoms with Gasteiger partial charge in [-0.25, -0.2) is 4.68 Å². The summed E-state index contributed by atoms with van der Waals surface area (Å²) in [5.74, 6) is 0. The Labute approximate surface area is 128 Å². The molecule has 100 valence electrons. The fourth-order valence-electron chi connectivity index (χ4n) is 2.06. The summed E-state index contributed by atoms with van der Waals surface area (Å²) in [7, 11) is 0. The van der Waals surface area contributed by atoms with Crippen molar-refractivity contribution in [2.45, 2.75) is 6.54 Å². The van der Waals surface area contributed by atoms with Gasteiger partial charge in [0.05, 0.1) is 11.9 Å². The van der Waals surface area contributed by atoms with Crippen LogP contribution in [0.25, 0.3) is 10.8 Å². The maximum atomic E-state index is 12.4. The molecule has 0 N–H and O–H groups in total. The van der Waals surface area contributed by atoms with E-state index in [9.17, 15) is 4.79 Å². The van der Waals surface area contributed by atoms with Gasteiger partial charge in [0.2, 0.25) is 0 Å². The van der Waals surface area contributed by atoms with Crippen LogP contribution in [0.4, 0.5) is 0 Å². The molecule has 0 saturated heterocycles. The smallest absolute Gasteiger partial charge is 0.267 e. The molecule has 0 bridgehead atoms. The molecular weight excluding hydrogens is 340 g/mol. The minimum absolute atomic E-state index is 0.0984. The molecule has 0 aliphatic rings. The van der Waals surface area contributed by atoms with Gasteiger partial charge in [-0.05, 0) is 39.7 Å². The van der Waals surface area contributed by atoms with E-state index in [0.29, 0.717) is 21.6 Å². The van der Waals surface area contributed by atoms with Crippen LogP contribution in [0.15, 0.2) is 57.9 Å². The van der Waals surface area contributed by atoms with Gasteiger partial charge in [0.1, 0.15) is 4.60 Å². The first-order valence-electron chi connectivity index (χ1n) is 6.05. The zero-order valence-electron chi connectivity index (χ0n) is 10.4. The standard InChI is InChI=1S/C15H10BrClN2O/c16-14-12-3-1-2-4-13(12)15(20)19(18-14)9-10-5-7-11(17)8-6-10/h1-8H,9H2. The van der Waals surface area contributed by atoms with Crippen molar-refractivity contribution >= 4 is 38.3 Å². The fourth-order valence-corrected chi connectivity index (χ4v) is 2.73. The molecule has 0 fully saturated rings. The molecule has 0 atom stereocenters. The third-order valence-corrected chi connectivity index (χ3v) is 3.91. The zero-order valence-corrected chi connectivity index (χ0v) is 12.7. The van der Waals surface area contributed by atoms with Crippen molar-refractivity contribution in [3.05, 3.63) is 74.1 Å². The molecule has 3 aromatic rings. The van der Waals surface area contributed by atoms with E-state index in [2.05, 4.69) is 21.0 Å². The molecule has 0 amide bonds. The summed E-state index contributed by atoms with van der Waals surface area (Å²) >= 11 is 9.27. The van der Waals surface area contributed by atoms with Gasteiger partial charge in [-0.15, -0.1) is 0 Å². The molecule has 1 aromatic heterocycles. The molecule has 0 saturated carbocycles. The molecule has 0 aliphatic heterocycles. The summed E-state index contributed by atoms with van der Waals surface area (Å²) in [6, 6.07) is 14.8. The Morgan fingerprint density at radius 2 is 1.70 bits per heavy atom. The van der Waals surface area contributed by atoms with Crippen molar-refractivity contribution < 1.29 is 0 Å². The van der Waals surface area contributed by atoms with Crippen LogP contribution in [0.3, 0.4) is 0 Å². The Morgan fingerprint density at radius 1 is 1.05 bits per heavy atom. The zero-order chi connectivity index (χ0) is 14.1. The van der Waals surface area contributed by atoms with Crippen LogP contribution in [0.1, 0.15) is 5.56 Å². The van der Waals surface area contributed by atoms with Crippen molar-refractivity contribution in [2.24, 2.45) is 0 Å². The molecule has 20 heavy (non-hydrogen) atoms. The summed E-state index contributed by atoms with van der Waals surface area (Å²) in [6.45, 7) is 0.416. The lowest BCUT2D eigenvalue weighted by molar-refractivity contribution is 0.640. The second-order valence-corrected chi connectivity index (χ2v) is 5.61. The minimum Gasteiger partial charge on any atom is -0.267 e. The second-order valence-electron chi connectivity index (χ2n) is 4.43. The highest BCUT2D eigenvalue weighted by Crippen LogP contribution is 2.18. The van der Waals surface area contributed by atoms with Gasteiger partial charge in [-0.2, -0.15) is 5.10 Å². The lowest BCUT2D eigenvalue weighted by Gasteiger charge is -2.08. The molecule has 0 unspecified atom stereocenters. The number of fused-ring (bicyclic) bond motifs is 1. The SMILES string of the molecule is O=c1c2ccccc2c(Br)nn1Cc1ccc(Cl)cc1. The highest BCUT2D eigenvalue weighted by atomic mass is 79.9. The van der Waals surface area contributed by atoms with Gasteiger partial charge in [-0.3, -0.25) is 4.79 Å². The maximum Gasteiger partial charge on any atom is 0.275 e. The molecular formula is C15H10BrClN2O. The average Bonchev–Trinajstić information content (AvgIpc) is 2.47. The van der Waals surface area contributed by atoms with Crippen LogP contribution in [0, 0.1) is 0 Å². The first-order chi connectivity index (χ1) is 9.65. The highest BCUT2D eigenvalue weighted by Gasteiger charge is 2.08. The molecule has 0 aliphatic carbocycles. The van der Waals surface area contributed by atoms with E-state index in [1.165, 1.54) is 4.68 Å². The maximum absolute atomic E-state index is 12.4. The van der Waals surface area contributed by atoms with Crippen molar-refractivity contribution in [2.75, 3.05) is 0 Å². The molecule has 0 spiro atoms. The first-order valence-corrected chi connectivity index (χ1v) is 7.22. The Balaban J connectivity index is 2.10. The van der Waals surface area contributed by atoms with E-state index in [1.54, 1.807) is 12.1 Å². The van der Waals surface area contributed by atoms with Gasteiger partial charge in [0.25, 0.3) is 5.56 Å². The third kappa shape index (κ3) is 2.49. The van der Waals surface area contributed by atoms with Crippen LogP contribution in [-0.2, 0) is 6.54 Å². The summed E-state index contributed by atoms with van der Waals surface area (Å²) < 4.78 is 2.12. The second kappa shape index (κ2) is 5.38. The van der Waals surface area contributed by atoms with Gasteiger partial charge < -0.3 is 0 Å². The number of rotatable bonds is 2. The average molecular weight is 350 g/mol. The van der Waals surface area contributed by atoms with Crippen LogP contribution < -0.4 is 5.56 Å². The van der Waals surface area contributed by atoms with Crippen molar-refractivity contribution in [1.82, 2.24) is 9.78 Å². The van der Waals surface area contributed by atoms with Gasteiger partial charge >= 0.3 is 0 Å². The largest absolute Gasteiger partial charge is 0.275 e. The van der Waals surface area contributed by atoms with E-state index < -0.39 is 0 Å². The molecule has 3 nitrogen and oxygen atoms in total. The van der Waals surface area contributed by atoms with Crippen molar-refractivity contribution in [3.63, 3.8) is 0 Å². The Bertz CT molecular complexity index is 827. The number of aromatic nitrogens is 2. The molecule has 3 rings (SSSR count). The first kappa shape index (κ1) is 13.3. The normalized spacial score (nSPS) is 10.9. The number of hydrogen-bond acceptors (Lipinski definition) is 2. The highest BCUT2D eigenvalue weighted by molar-refractivity contribution is 9.10. The molecule has 2 aromatic carbocycles. The van der Waals surface area contributed by atoms with E-state index in [1.807, 2.05) is 36.4 Å². The van der Waals surface area contributed by atoms with Crippen LogP contribution in [-0.4, -0.2) is 9.78 Å². The molecule has 5 heteroatoms. The summed E-state index contributed by atoms with van der Waals surface area (Å²) in [4.78, 5) is 12.4. The summed E-state index contributed by atoms with van der Waals surface area (Å²) in [6.07, 6.45) is 0. The lowest BCUT2D eigenvalue weighted by atomic mass is 10.2. The Morgan fingerprint density at radius 3 is 2.40 bits per heavy atom. The van der Waals surface area contributed by atoms with Crippen LogP contribution in [0.5, 0.6) is 0 Å². The Hall–Kier alpha value is -1.65. The fraction of sp³-hybridized carbons (Fsp3) is 0.0667. The summed E-state index contributed by atoms with van der Waals surface area (Å²) in [5.41, 5.74) is 0.880. The number of nitrogens with zero attached hydrogens (tertiary/aromatic N) is 2. The van der Waals surface area contributed by atoms with Crippen LogP contribution in [0.2, 0.25) is 5.02 Å². The minimum atomic E-state index is -0.0984. The number of hydrogen-bond donors (Lipinski definition) is 0. The topological polar surface area (TPSA) is 34.9 Å². The van der Waals surface area contributed by atoms with Gasteiger partial charge in [0, 0.05) is 10.4 Å². The number of benzene rings is 2. The Kier molecular flexibility index (Phi) is 3.59.